The summed E-state index contributed by atoms with van der Waals surface area (Å²) in [6.07, 6.45) is 2.73. The second-order valence-electron chi connectivity index (χ2n) is 4.88. The number of rotatable bonds is 3. The van der Waals surface area contributed by atoms with E-state index in [0.29, 0.717) is 0 Å². The number of nitrogens with zero attached hydrogens (tertiary/aromatic N) is 1. The van der Waals surface area contributed by atoms with E-state index < -0.39 is 0 Å². The molecule has 0 amide bonds. The zero-order chi connectivity index (χ0) is 11.4. The number of likely N-dealkylation sites (tertiary alicyclic amines) is 1. The van der Waals surface area contributed by atoms with Gasteiger partial charge < -0.3 is 0 Å². The second-order valence-corrected chi connectivity index (χ2v) is 5.53. The molecule has 1 atom stereocenters. The molecule has 0 bridgehead atoms. The number of aryl methyl sites for hydroxylation is 1. The Morgan fingerprint density at radius 1 is 1.31 bits per heavy atom. The van der Waals surface area contributed by atoms with Crippen molar-refractivity contribution in [1.82, 2.24) is 4.90 Å². The maximum Gasteiger partial charge on any atom is 0.0233 e. The van der Waals surface area contributed by atoms with Crippen molar-refractivity contribution in [2.24, 2.45) is 5.92 Å². The van der Waals surface area contributed by atoms with Gasteiger partial charge in [0.2, 0.25) is 0 Å². The molecule has 0 saturated carbocycles. The summed E-state index contributed by atoms with van der Waals surface area (Å²) in [6.45, 7) is 5.77. The van der Waals surface area contributed by atoms with Crippen molar-refractivity contribution in [1.29, 1.82) is 0 Å². The Hall–Kier alpha value is -0.340. The molecule has 0 spiro atoms. The molecule has 1 fully saturated rings. The number of hydrogen-bond donors (Lipinski definition) is 0. The van der Waals surface area contributed by atoms with E-state index in [1.807, 2.05) is 0 Å². The first kappa shape index (κ1) is 12.1. The van der Waals surface area contributed by atoms with Gasteiger partial charge in [-0.25, -0.2) is 0 Å². The lowest BCUT2D eigenvalue weighted by Crippen LogP contribution is -2.35. The van der Waals surface area contributed by atoms with Gasteiger partial charge in [0.05, 0.1) is 0 Å². The second kappa shape index (κ2) is 5.83. The van der Waals surface area contributed by atoms with Crippen LogP contribution in [-0.2, 0) is 6.54 Å². The number of halogens is 1. The molecule has 1 aliphatic rings. The SMILES string of the molecule is Cc1ccc(CN2CCCC(CBr)C2)cc1. The summed E-state index contributed by atoms with van der Waals surface area (Å²) >= 11 is 3.61. The highest BCUT2D eigenvalue weighted by Gasteiger charge is 2.18. The van der Waals surface area contributed by atoms with Gasteiger partial charge in [0.25, 0.3) is 0 Å². The fraction of sp³-hybridized carbons (Fsp3) is 0.571. The van der Waals surface area contributed by atoms with Gasteiger partial charge in [0.15, 0.2) is 0 Å². The fourth-order valence-corrected chi connectivity index (χ4v) is 2.90. The minimum Gasteiger partial charge on any atom is -0.299 e. The monoisotopic (exact) mass is 281 g/mol. The van der Waals surface area contributed by atoms with Crippen LogP contribution in [0.25, 0.3) is 0 Å². The standard InChI is InChI=1S/C14H20BrN/c1-12-4-6-13(7-5-12)10-16-8-2-3-14(9-15)11-16/h4-7,14H,2-3,8-11H2,1H3. The van der Waals surface area contributed by atoms with Gasteiger partial charge >= 0.3 is 0 Å². The highest BCUT2D eigenvalue weighted by molar-refractivity contribution is 9.09. The zero-order valence-electron chi connectivity index (χ0n) is 9.95. The predicted octanol–water partition coefficient (Wildman–Crippen LogP) is 3.60. The third-order valence-electron chi connectivity index (χ3n) is 3.35. The smallest absolute Gasteiger partial charge is 0.0233 e. The van der Waals surface area contributed by atoms with Gasteiger partial charge in [0, 0.05) is 18.4 Å². The first-order valence-corrected chi connectivity index (χ1v) is 7.24. The molecule has 0 radical (unpaired) electrons. The number of alkyl halides is 1. The van der Waals surface area contributed by atoms with Crippen LogP contribution in [0.2, 0.25) is 0 Å². The van der Waals surface area contributed by atoms with E-state index in [9.17, 15) is 0 Å². The van der Waals surface area contributed by atoms with Gasteiger partial charge in [-0.05, 0) is 37.8 Å². The first-order valence-electron chi connectivity index (χ1n) is 6.12. The average molecular weight is 282 g/mol. The topological polar surface area (TPSA) is 3.24 Å². The molecule has 1 nitrogen and oxygen atoms in total. The summed E-state index contributed by atoms with van der Waals surface area (Å²) in [5, 5.41) is 1.15. The third kappa shape index (κ3) is 3.33. The quantitative estimate of drug-likeness (QED) is 0.766. The lowest BCUT2D eigenvalue weighted by molar-refractivity contribution is 0.179. The van der Waals surface area contributed by atoms with Crippen LogP contribution < -0.4 is 0 Å². The van der Waals surface area contributed by atoms with Crippen LogP contribution in [0.3, 0.4) is 0 Å². The summed E-state index contributed by atoms with van der Waals surface area (Å²) in [6, 6.07) is 8.93. The lowest BCUT2D eigenvalue weighted by atomic mass is 9.99. The van der Waals surface area contributed by atoms with E-state index >= 15 is 0 Å². The average Bonchev–Trinajstić information content (AvgIpc) is 2.32. The van der Waals surface area contributed by atoms with Crippen LogP contribution in [0, 0.1) is 12.8 Å². The summed E-state index contributed by atoms with van der Waals surface area (Å²) in [7, 11) is 0. The molecule has 2 heteroatoms. The zero-order valence-corrected chi connectivity index (χ0v) is 11.5. The predicted molar refractivity (Wildman–Crippen MR) is 73.0 cm³/mol. The van der Waals surface area contributed by atoms with Crippen molar-refractivity contribution >= 4 is 15.9 Å². The molecule has 1 saturated heterocycles. The number of piperidine rings is 1. The first-order chi connectivity index (χ1) is 7.78. The van der Waals surface area contributed by atoms with E-state index in [0.717, 1.165) is 17.8 Å². The van der Waals surface area contributed by atoms with Crippen molar-refractivity contribution in [3.05, 3.63) is 35.4 Å². The molecule has 1 heterocycles. The van der Waals surface area contributed by atoms with Crippen LogP contribution in [0.15, 0.2) is 24.3 Å². The van der Waals surface area contributed by atoms with Crippen LogP contribution in [0.4, 0.5) is 0 Å². The van der Waals surface area contributed by atoms with Gasteiger partial charge in [-0.1, -0.05) is 45.8 Å². The summed E-state index contributed by atoms with van der Waals surface area (Å²) in [5.41, 5.74) is 2.79. The molecule has 0 N–H and O–H groups in total. The Balaban J connectivity index is 1.91. The van der Waals surface area contributed by atoms with Crippen molar-refractivity contribution < 1.29 is 0 Å². The Morgan fingerprint density at radius 2 is 2.06 bits per heavy atom. The van der Waals surface area contributed by atoms with E-state index in [4.69, 9.17) is 0 Å². The summed E-state index contributed by atoms with van der Waals surface area (Å²) < 4.78 is 0. The lowest BCUT2D eigenvalue weighted by Gasteiger charge is -2.31. The Kier molecular flexibility index (Phi) is 4.42. The van der Waals surface area contributed by atoms with Crippen molar-refractivity contribution in [3.63, 3.8) is 0 Å². The van der Waals surface area contributed by atoms with Gasteiger partial charge in [-0.2, -0.15) is 0 Å². The highest BCUT2D eigenvalue weighted by atomic mass is 79.9. The Bertz CT molecular complexity index is 320. The normalized spacial score (nSPS) is 22.2. The molecule has 88 valence electrons. The van der Waals surface area contributed by atoms with Crippen molar-refractivity contribution in [2.45, 2.75) is 26.3 Å². The van der Waals surface area contributed by atoms with Crippen LogP contribution in [0.5, 0.6) is 0 Å². The molecule has 1 aliphatic heterocycles. The molecule has 1 aromatic rings. The van der Waals surface area contributed by atoms with E-state index in [-0.39, 0.29) is 0 Å². The Labute approximate surface area is 107 Å². The largest absolute Gasteiger partial charge is 0.299 e. The molecule has 16 heavy (non-hydrogen) atoms. The molecule has 0 aliphatic carbocycles. The molecular formula is C14H20BrN. The maximum absolute atomic E-state index is 3.61. The van der Waals surface area contributed by atoms with Crippen LogP contribution in [0.1, 0.15) is 24.0 Å². The minimum atomic E-state index is 0.846. The third-order valence-corrected chi connectivity index (χ3v) is 4.26. The molecule has 0 aromatic heterocycles. The van der Waals surface area contributed by atoms with E-state index in [2.05, 4.69) is 52.0 Å². The van der Waals surface area contributed by atoms with E-state index in [1.165, 1.54) is 37.1 Å². The van der Waals surface area contributed by atoms with E-state index in [1.54, 1.807) is 0 Å². The summed E-state index contributed by atoms with van der Waals surface area (Å²) in [4.78, 5) is 2.58. The number of benzene rings is 1. The Morgan fingerprint density at radius 3 is 2.75 bits per heavy atom. The van der Waals surface area contributed by atoms with Crippen molar-refractivity contribution in [2.75, 3.05) is 18.4 Å². The van der Waals surface area contributed by atoms with Gasteiger partial charge in [-0.15, -0.1) is 0 Å². The molecule has 1 unspecified atom stereocenters. The highest BCUT2D eigenvalue weighted by Crippen LogP contribution is 2.20. The van der Waals surface area contributed by atoms with Crippen molar-refractivity contribution in [3.8, 4) is 0 Å². The van der Waals surface area contributed by atoms with Crippen LogP contribution in [-0.4, -0.2) is 23.3 Å². The summed E-state index contributed by atoms with van der Waals surface area (Å²) in [5.74, 6) is 0.846. The van der Waals surface area contributed by atoms with Crippen LogP contribution >= 0.6 is 15.9 Å². The number of hydrogen-bond acceptors (Lipinski definition) is 1. The molecular weight excluding hydrogens is 262 g/mol. The van der Waals surface area contributed by atoms with Gasteiger partial charge in [-0.3, -0.25) is 4.90 Å². The van der Waals surface area contributed by atoms with Gasteiger partial charge in [0.1, 0.15) is 0 Å². The maximum atomic E-state index is 3.61. The fourth-order valence-electron chi connectivity index (χ4n) is 2.37. The molecule has 1 aromatic carbocycles. The molecule has 2 rings (SSSR count). The minimum absolute atomic E-state index is 0.846.